The molecule has 1 saturated heterocycles. The average Bonchev–Trinajstić information content (AvgIpc) is 2.33. The fourth-order valence-corrected chi connectivity index (χ4v) is 2.22. The summed E-state index contributed by atoms with van der Waals surface area (Å²) in [5.74, 6) is -1.80. The van der Waals surface area contributed by atoms with Crippen molar-refractivity contribution >= 4 is 11.6 Å². The lowest BCUT2D eigenvalue weighted by molar-refractivity contribution is -0.121. The summed E-state index contributed by atoms with van der Waals surface area (Å²) in [4.78, 5) is 12.0. The zero-order chi connectivity index (χ0) is 13.1. The van der Waals surface area contributed by atoms with Gasteiger partial charge in [-0.1, -0.05) is 0 Å². The molecular weight excluding hydrogens is 238 g/mol. The molecule has 1 fully saturated rings. The number of amides is 1. The van der Waals surface area contributed by atoms with Gasteiger partial charge in [-0.05, 0) is 38.4 Å². The van der Waals surface area contributed by atoms with Gasteiger partial charge in [0.15, 0.2) is 0 Å². The third kappa shape index (κ3) is 2.85. The molecular formula is C13H16F2N2O. The van der Waals surface area contributed by atoms with Crippen LogP contribution in [-0.2, 0) is 4.79 Å². The van der Waals surface area contributed by atoms with Crippen molar-refractivity contribution in [2.45, 2.75) is 25.8 Å². The maximum Gasteiger partial charge on any atom is 0.229 e. The Hall–Kier alpha value is -1.49. The molecule has 2 N–H and O–H groups in total. The van der Waals surface area contributed by atoms with E-state index in [4.69, 9.17) is 0 Å². The molecule has 0 radical (unpaired) electrons. The van der Waals surface area contributed by atoms with Crippen molar-refractivity contribution in [3.05, 3.63) is 29.8 Å². The fourth-order valence-electron chi connectivity index (χ4n) is 2.22. The summed E-state index contributed by atoms with van der Waals surface area (Å²) in [5.41, 5.74) is 0.0270. The van der Waals surface area contributed by atoms with E-state index >= 15 is 0 Å². The summed E-state index contributed by atoms with van der Waals surface area (Å²) in [5, 5.41) is 5.72. The maximum absolute atomic E-state index is 13.4. The average molecular weight is 254 g/mol. The van der Waals surface area contributed by atoms with E-state index in [-0.39, 0.29) is 23.6 Å². The monoisotopic (exact) mass is 254 g/mol. The van der Waals surface area contributed by atoms with E-state index in [1.807, 2.05) is 6.92 Å². The summed E-state index contributed by atoms with van der Waals surface area (Å²) >= 11 is 0. The van der Waals surface area contributed by atoms with E-state index in [1.165, 1.54) is 6.07 Å². The first kappa shape index (κ1) is 13.0. The molecule has 2 rings (SSSR count). The highest BCUT2D eigenvalue weighted by Gasteiger charge is 2.27. The molecule has 0 spiro atoms. The van der Waals surface area contributed by atoms with Gasteiger partial charge in [0.25, 0.3) is 0 Å². The van der Waals surface area contributed by atoms with Gasteiger partial charge < -0.3 is 10.6 Å². The van der Waals surface area contributed by atoms with E-state index in [0.717, 1.165) is 31.5 Å². The van der Waals surface area contributed by atoms with Crippen LogP contribution in [0.1, 0.15) is 19.8 Å². The largest absolute Gasteiger partial charge is 0.323 e. The van der Waals surface area contributed by atoms with Crippen molar-refractivity contribution in [3.63, 3.8) is 0 Å². The Balaban J connectivity index is 2.06. The van der Waals surface area contributed by atoms with Crippen molar-refractivity contribution in [2.75, 3.05) is 11.9 Å². The first-order valence-electron chi connectivity index (χ1n) is 6.07. The molecule has 2 unspecified atom stereocenters. The van der Waals surface area contributed by atoms with Gasteiger partial charge in [0.2, 0.25) is 5.91 Å². The van der Waals surface area contributed by atoms with Crippen molar-refractivity contribution in [1.29, 1.82) is 0 Å². The molecule has 1 aromatic rings. The van der Waals surface area contributed by atoms with Crippen LogP contribution < -0.4 is 10.6 Å². The predicted octanol–water partition coefficient (Wildman–Crippen LogP) is 2.29. The van der Waals surface area contributed by atoms with Crippen LogP contribution in [0.5, 0.6) is 0 Å². The minimum atomic E-state index is -0.750. The first-order valence-corrected chi connectivity index (χ1v) is 6.07. The smallest absolute Gasteiger partial charge is 0.229 e. The second-order valence-electron chi connectivity index (χ2n) is 4.60. The number of halogens is 2. The summed E-state index contributed by atoms with van der Waals surface area (Å²) in [6.07, 6.45) is 1.71. The Morgan fingerprint density at radius 3 is 2.89 bits per heavy atom. The van der Waals surface area contributed by atoms with Gasteiger partial charge in [-0.3, -0.25) is 4.79 Å². The van der Waals surface area contributed by atoms with Gasteiger partial charge in [-0.25, -0.2) is 8.78 Å². The zero-order valence-corrected chi connectivity index (χ0v) is 10.2. The zero-order valence-electron chi connectivity index (χ0n) is 10.2. The van der Waals surface area contributed by atoms with E-state index in [0.29, 0.717) is 0 Å². The Kier molecular flexibility index (Phi) is 3.91. The van der Waals surface area contributed by atoms with Gasteiger partial charge in [0, 0.05) is 12.1 Å². The Labute approximate surface area is 105 Å². The van der Waals surface area contributed by atoms with Crippen LogP contribution in [0, 0.1) is 17.6 Å². The topological polar surface area (TPSA) is 41.1 Å². The molecule has 1 aliphatic heterocycles. The molecule has 0 aromatic heterocycles. The number of carbonyl (C=O) groups is 1. The standard InChI is InChI=1S/C13H16F2N2O/c1-8-10(3-2-6-16-8)13(18)17-12-5-4-9(14)7-11(12)15/h4-5,7-8,10,16H,2-3,6H2,1H3,(H,17,18). The Morgan fingerprint density at radius 2 is 2.22 bits per heavy atom. The molecule has 1 heterocycles. The number of carbonyl (C=O) groups excluding carboxylic acids is 1. The minimum Gasteiger partial charge on any atom is -0.323 e. The molecule has 0 saturated carbocycles. The summed E-state index contributed by atoms with van der Waals surface area (Å²) < 4.78 is 26.1. The van der Waals surface area contributed by atoms with Gasteiger partial charge in [-0.15, -0.1) is 0 Å². The summed E-state index contributed by atoms with van der Waals surface area (Å²) in [7, 11) is 0. The highest BCUT2D eigenvalue weighted by molar-refractivity contribution is 5.93. The van der Waals surface area contributed by atoms with Crippen molar-refractivity contribution in [3.8, 4) is 0 Å². The Morgan fingerprint density at radius 1 is 1.44 bits per heavy atom. The lowest BCUT2D eigenvalue weighted by Crippen LogP contribution is -2.44. The van der Waals surface area contributed by atoms with Crippen LogP contribution in [0.4, 0.5) is 14.5 Å². The summed E-state index contributed by atoms with van der Waals surface area (Å²) in [6.45, 7) is 2.83. The van der Waals surface area contributed by atoms with E-state index in [1.54, 1.807) is 0 Å². The third-order valence-corrected chi connectivity index (χ3v) is 3.29. The summed E-state index contributed by atoms with van der Waals surface area (Å²) in [6, 6.07) is 3.20. The van der Waals surface area contributed by atoms with Crippen molar-refractivity contribution < 1.29 is 13.6 Å². The van der Waals surface area contributed by atoms with Crippen LogP contribution in [0.3, 0.4) is 0 Å². The number of piperidine rings is 1. The second kappa shape index (κ2) is 5.44. The quantitative estimate of drug-likeness (QED) is 0.850. The molecule has 1 aliphatic rings. The van der Waals surface area contributed by atoms with Gasteiger partial charge >= 0.3 is 0 Å². The predicted molar refractivity (Wildman–Crippen MR) is 65.2 cm³/mol. The number of benzene rings is 1. The second-order valence-corrected chi connectivity index (χ2v) is 4.60. The molecule has 3 nitrogen and oxygen atoms in total. The molecule has 0 bridgehead atoms. The van der Waals surface area contributed by atoms with Gasteiger partial charge in [0.1, 0.15) is 11.6 Å². The first-order chi connectivity index (χ1) is 8.58. The fraction of sp³-hybridized carbons (Fsp3) is 0.462. The molecule has 18 heavy (non-hydrogen) atoms. The number of hydrogen-bond donors (Lipinski definition) is 2. The van der Waals surface area contributed by atoms with Crippen LogP contribution in [-0.4, -0.2) is 18.5 Å². The van der Waals surface area contributed by atoms with E-state index in [9.17, 15) is 13.6 Å². The van der Waals surface area contributed by atoms with Crippen LogP contribution >= 0.6 is 0 Å². The number of nitrogens with one attached hydrogen (secondary N) is 2. The number of anilines is 1. The lowest BCUT2D eigenvalue weighted by atomic mass is 9.91. The third-order valence-electron chi connectivity index (χ3n) is 3.29. The number of hydrogen-bond acceptors (Lipinski definition) is 2. The molecule has 1 aromatic carbocycles. The highest BCUT2D eigenvalue weighted by Crippen LogP contribution is 2.20. The van der Waals surface area contributed by atoms with Crippen LogP contribution in [0.25, 0.3) is 0 Å². The number of rotatable bonds is 2. The van der Waals surface area contributed by atoms with Gasteiger partial charge in [-0.2, -0.15) is 0 Å². The maximum atomic E-state index is 13.4. The molecule has 2 atom stereocenters. The SMILES string of the molecule is CC1NCCCC1C(=O)Nc1ccc(F)cc1F. The minimum absolute atomic E-state index is 0.0270. The van der Waals surface area contributed by atoms with Crippen LogP contribution in [0.2, 0.25) is 0 Å². The van der Waals surface area contributed by atoms with Crippen molar-refractivity contribution in [2.24, 2.45) is 5.92 Å². The Bertz CT molecular complexity index is 451. The normalized spacial score (nSPS) is 23.7. The lowest BCUT2D eigenvalue weighted by Gasteiger charge is -2.28. The van der Waals surface area contributed by atoms with Gasteiger partial charge in [0.05, 0.1) is 11.6 Å². The molecule has 98 valence electrons. The van der Waals surface area contributed by atoms with E-state index in [2.05, 4.69) is 10.6 Å². The van der Waals surface area contributed by atoms with Crippen LogP contribution in [0.15, 0.2) is 18.2 Å². The van der Waals surface area contributed by atoms with Crippen molar-refractivity contribution in [1.82, 2.24) is 5.32 Å². The molecule has 0 aliphatic carbocycles. The molecule has 1 amide bonds. The van der Waals surface area contributed by atoms with E-state index < -0.39 is 11.6 Å². The highest BCUT2D eigenvalue weighted by atomic mass is 19.1. The molecule has 5 heteroatoms.